The van der Waals surface area contributed by atoms with Gasteiger partial charge < -0.3 is 4.74 Å². The normalized spacial score (nSPS) is 10.9. The molecule has 0 aliphatic rings. The summed E-state index contributed by atoms with van der Waals surface area (Å²) in [7, 11) is 2.71. The lowest BCUT2D eigenvalue weighted by atomic mass is 10.3. The summed E-state index contributed by atoms with van der Waals surface area (Å²) < 4.78 is 4.55. The second-order valence-electron chi connectivity index (χ2n) is 1.57. The molecule has 0 N–H and O–H groups in total. The second kappa shape index (κ2) is 4.81. The van der Waals surface area contributed by atoms with Gasteiger partial charge in [-0.05, 0) is 6.92 Å². The van der Waals surface area contributed by atoms with Crippen LogP contribution in [0.4, 0.5) is 0 Å². The molecule has 0 aliphatic heterocycles. The molecule has 0 saturated carbocycles. The fourth-order valence-corrected chi connectivity index (χ4v) is 0.366. The van der Waals surface area contributed by atoms with E-state index in [1.165, 1.54) is 20.5 Å². The molecule has 0 amide bonds. The second-order valence-corrected chi connectivity index (χ2v) is 1.57. The van der Waals surface area contributed by atoms with Crippen LogP contribution >= 0.6 is 0 Å². The van der Waals surface area contributed by atoms with Crippen LogP contribution in [0.1, 0.15) is 6.92 Å². The highest BCUT2D eigenvalue weighted by Gasteiger charge is 2.04. The number of methoxy groups -OCH3 is 1. The minimum atomic E-state index is -0.552. The van der Waals surface area contributed by atoms with Crippen molar-refractivity contribution in [1.82, 2.24) is 0 Å². The summed E-state index contributed by atoms with van der Waals surface area (Å²) >= 11 is 0. The highest BCUT2D eigenvalue weighted by Crippen LogP contribution is 1.95. The van der Waals surface area contributed by atoms with Crippen LogP contribution in [0.2, 0.25) is 0 Å². The standard InChI is InChI=1S/C6H10O4/c1-5(4-8-2)6(7)10-9-3/h4H,1-3H3. The lowest BCUT2D eigenvalue weighted by Gasteiger charge is -1.97. The fourth-order valence-electron chi connectivity index (χ4n) is 0.366. The van der Waals surface area contributed by atoms with Crippen LogP contribution < -0.4 is 0 Å². The number of carbonyl (C=O) groups is 1. The first-order valence-corrected chi connectivity index (χ1v) is 2.67. The molecule has 0 saturated heterocycles. The summed E-state index contributed by atoms with van der Waals surface area (Å²) in [6.07, 6.45) is 1.28. The van der Waals surface area contributed by atoms with E-state index >= 15 is 0 Å². The van der Waals surface area contributed by atoms with E-state index in [2.05, 4.69) is 14.5 Å². The number of hydrogen-bond donors (Lipinski definition) is 0. The van der Waals surface area contributed by atoms with Gasteiger partial charge in [0.1, 0.15) is 0 Å². The van der Waals surface area contributed by atoms with Gasteiger partial charge >= 0.3 is 5.97 Å². The predicted octanol–water partition coefficient (Wildman–Crippen LogP) is 0.641. The molecule has 4 nitrogen and oxygen atoms in total. The Morgan fingerprint density at radius 1 is 1.40 bits per heavy atom. The van der Waals surface area contributed by atoms with Crippen molar-refractivity contribution in [2.45, 2.75) is 6.92 Å². The van der Waals surface area contributed by atoms with Gasteiger partial charge in [-0.25, -0.2) is 4.79 Å². The molecule has 0 atom stereocenters. The average molecular weight is 146 g/mol. The van der Waals surface area contributed by atoms with E-state index in [0.29, 0.717) is 5.57 Å². The van der Waals surface area contributed by atoms with Crippen molar-refractivity contribution in [3.05, 3.63) is 11.8 Å². The van der Waals surface area contributed by atoms with Crippen molar-refractivity contribution in [3.8, 4) is 0 Å². The van der Waals surface area contributed by atoms with Gasteiger partial charge in [0, 0.05) is 0 Å². The SMILES string of the molecule is COC=C(C)C(=O)OOC. The molecule has 0 spiro atoms. The van der Waals surface area contributed by atoms with Crippen molar-refractivity contribution in [2.24, 2.45) is 0 Å². The Morgan fingerprint density at radius 2 is 2.00 bits per heavy atom. The summed E-state index contributed by atoms with van der Waals surface area (Å²) in [6, 6.07) is 0. The van der Waals surface area contributed by atoms with Gasteiger partial charge in [0.2, 0.25) is 0 Å². The van der Waals surface area contributed by atoms with Crippen LogP contribution in [0.25, 0.3) is 0 Å². The fraction of sp³-hybridized carbons (Fsp3) is 0.500. The van der Waals surface area contributed by atoms with Crippen molar-refractivity contribution < 1.29 is 19.3 Å². The topological polar surface area (TPSA) is 44.8 Å². The predicted molar refractivity (Wildman–Crippen MR) is 33.9 cm³/mol. The Morgan fingerprint density at radius 3 is 2.40 bits per heavy atom. The van der Waals surface area contributed by atoms with Gasteiger partial charge in [0.25, 0.3) is 0 Å². The monoisotopic (exact) mass is 146 g/mol. The molecule has 0 radical (unpaired) electrons. The molecule has 10 heavy (non-hydrogen) atoms. The largest absolute Gasteiger partial charge is 0.504 e. The lowest BCUT2D eigenvalue weighted by Crippen LogP contribution is -2.04. The number of rotatable bonds is 3. The van der Waals surface area contributed by atoms with E-state index < -0.39 is 5.97 Å². The molecule has 0 aliphatic carbocycles. The van der Waals surface area contributed by atoms with E-state index in [1.54, 1.807) is 6.92 Å². The molecule has 4 heteroatoms. The maximum Gasteiger partial charge on any atom is 0.371 e. The lowest BCUT2D eigenvalue weighted by molar-refractivity contribution is -0.250. The Hall–Kier alpha value is -1.03. The highest BCUT2D eigenvalue weighted by atomic mass is 17.2. The van der Waals surface area contributed by atoms with Crippen LogP contribution in [0.5, 0.6) is 0 Å². The summed E-state index contributed by atoms with van der Waals surface area (Å²) in [6.45, 7) is 1.56. The van der Waals surface area contributed by atoms with E-state index in [0.717, 1.165) is 0 Å². The summed E-state index contributed by atoms with van der Waals surface area (Å²) in [5.41, 5.74) is 0.351. The third-order valence-electron chi connectivity index (χ3n) is 0.776. The molecule has 0 fully saturated rings. The van der Waals surface area contributed by atoms with Crippen LogP contribution in [-0.2, 0) is 19.3 Å². The Labute approximate surface area is 59.3 Å². The maximum absolute atomic E-state index is 10.6. The number of ether oxygens (including phenoxy) is 1. The maximum atomic E-state index is 10.6. The zero-order valence-electron chi connectivity index (χ0n) is 6.21. The smallest absolute Gasteiger partial charge is 0.371 e. The average Bonchev–Trinajstić information content (AvgIpc) is 1.89. The third kappa shape index (κ3) is 3.09. The van der Waals surface area contributed by atoms with Crippen molar-refractivity contribution in [2.75, 3.05) is 14.2 Å². The van der Waals surface area contributed by atoms with Crippen molar-refractivity contribution in [3.63, 3.8) is 0 Å². The first-order valence-electron chi connectivity index (χ1n) is 2.67. The molecular formula is C6H10O4. The Balaban J connectivity index is 3.82. The summed E-state index contributed by atoms with van der Waals surface area (Å²) in [5, 5.41) is 0. The number of hydrogen-bond acceptors (Lipinski definition) is 4. The van der Waals surface area contributed by atoms with E-state index in [-0.39, 0.29) is 0 Å². The minimum Gasteiger partial charge on any atom is -0.504 e. The van der Waals surface area contributed by atoms with E-state index in [1.807, 2.05) is 0 Å². The summed E-state index contributed by atoms with van der Waals surface area (Å²) in [4.78, 5) is 18.9. The quantitative estimate of drug-likeness (QED) is 0.254. The van der Waals surface area contributed by atoms with E-state index in [9.17, 15) is 4.79 Å². The molecular weight excluding hydrogens is 136 g/mol. The molecule has 0 heterocycles. The summed E-state index contributed by atoms with van der Waals surface area (Å²) in [5.74, 6) is -0.552. The first kappa shape index (κ1) is 8.97. The van der Waals surface area contributed by atoms with Gasteiger partial charge in [-0.1, -0.05) is 0 Å². The zero-order chi connectivity index (χ0) is 7.98. The molecule has 0 unspecified atom stereocenters. The molecule has 0 aromatic rings. The van der Waals surface area contributed by atoms with E-state index in [4.69, 9.17) is 0 Å². The molecule has 58 valence electrons. The van der Waals surface area contributed by atoms with Gasteiger partial charge in [0.15, 0.2) is 0 Å². The first-order chi connectivity index (χ1) is 4.72. The van der Waals surface area contributed by atoms with Gasteiger partial charge in [-0.2, -0.15) is 4.89 Å². The molecule has 0 bridgehead atoms. The highest BCUT2D eigenvalue weighted by molar-refractivity contribution is 5.86. The molecule has 0 aromatic carbocycles. The van der Waals surface area contributed by atoms with Gasteiger partial charge in [0.05, 0.1) is 26.1 Å². The Kier molecular flexibility index (Phi) is 4.32. The van der Waals surface area contributed by atoms with Crippen LogP contribution in [0, 0.1) is 0 Å². The van der Waals surface area contributed by atoms with Gasteiger partial charge in [-0.3, -0.25) is 4.89 Å². The van der Waals surface area contributed by atoms with Crippen LogP contribution in [-0.4, -0.2) is 20.2 Å². The third-order valence-corrected chi connectivity index (χ3v) is 0.776. The number of carbonyl (C=O) groups excluding carboxylic acids is 1. The van der Waals surface area contributed by atoms with Crippen molar-refractivity contribution in [1.29, 1.82) is 0 Å². The van der Waals surface area contributed by atoms with Crippen LogP contribution in [0.15, 0.2) is 11.8 Å². The van der Waals surface area contributed by atoms with Crippen molar-refractivity contribution >= 4 is 5.97 Å². The van der Waals surface area contributed by atoms with Gasteiger partial charge in [-0.15, -0.1) is 0 Å². The van der Waals surface area contributed by atoms with Crippen LogP contribution in [0.3, 0.4) is 0 Å². The Bertz CT molecular complexity index is 139. The molecule has 0 aromatic heterocycles. The minimum absolute atomic E-state index is 0.351. The zero-order valence-corrected chi connectivity index (χ0v) is 6.21. The molecule has 0 rings (SSSR count).